The summed E-state index contributed by atoms with van der Waals surface area (Å²) < 4.78 is 0. The lowest BCUT2D eigenvalue weighted by Crippen LogP contribution is -2.31. The standard InChI is InChI=1S/C15H28/c1-13(2)12-15(10-6-7-11-15)14-8-4-3-5-9-14/h13-14H,3-12H2,1-2H3. The number of hydrogen-bond acceptors (Lipinski definition) is 0. The first-order valence-corrected chi connectivity index (χ1v) is 7.23. The molecule has 0 aromatic carbocycles. The third-order valence-electron chi connectivity index (χ3n) is 4.89. The lowest BCUT2D eigenvalue weighted by molar-refractivity contribution is 0.0943. The van der Waals surface area contributed by atoms with Crippen molar-refractivity contribution >= 4 is 0 Å². The van der Waals surface area contributed by atoms with Crippen LogP contribution in [0, 0.1) is 17.3 Å². The molecule has 0 heterocycles. The summed E-state index contributed by atoms with van der Waals surface area (Å²) in [5, 5.41) is 0. The van der Waals surface area contributed by atoms with Crippen molar-refractivity contribution in [3.63, 3.8) is 0 Å². The fraction of sp³-hybridized carbons (Fsp3) is 1.00. The van der Waals surface area contributed by atoms with Crippen molar-refractivity contribution in [1.29, 1.82) is 0 Å². The summed E-state index contributed by atoms with van der Waals surface area (Å²) in [4.78, 5) is 0. The van der Waals surface area contributed by atoms with E-state index < -0.39 is 0 Å². The Morgan fingerprint density at radius 1 is 0.933 bits per heavy atom. The SMILES string of the molecule is CC(C)CC1(C2CCCCC2)CCCC1. The van der Waals surface area contributed by atoms with Gasteiger partial charge in [-0.1, -0.05) is 46.0 Å². The first-order valence-electron chi connectivity index (χ1n) is 7.23. The Bertz CT molecular complexity index is 180. The zero-order valence-corrected chi connectivity index (χ0v) is 10.7. The molecule has 0 aliphatic heterocycles. The molecule has 0 radical (unpaired) electrons. The van der Waals surface area contributed by atoms with E-state index in [2.05, 4.69) is 13.8 Å². The molecule has 0 amide bonds. The van der Waals surface area contributed by atoms with Crippen LogP contribution in [-0.4, -0.2) is 0 Å². The van der Waals surface area contributed by atoms with E-state index in [-0.39, 0.29) is 0 Å². The Balaban J connectivity index is 2.03. The largest absolute Gasteiger partial charge is 0.0628 e. The Kier molecular flexibility index (Phi) is 3.74. The lowest BCUT2D eigenvalue weighted by Gasteiger charge is -2.41. The molecule has 0 heteroatoms. The molecule has 2 aliphatic carbocycles. The highest BCUT2D eigenvalue weighted by molar-refractivity contribution is 4.92. The van der Waals surface area contributed by atoms with Crippen LogP contribution in [0.25, 0.3) is 0 Å². The first-order chi connectivity index (χ1) is 7.23. The molecule has 0 saturated heterocycles. The van der Waals surface area contributed by atoms with Crippen molar-refractivity contribution in [2.45, 2.75) is 78.1 Å². The third kappa shape index (κ3) is 2.57. The highest BCUT2D eigenvalue weighted by atomic mass is 14.5. The zero-order chi connectivity index (χ0) is 10.7. The van der Waals surface area contributed by atoms with Gasteiger partial charge in [0, 0.05) is 0 Å². The number of hydrogen-bond donors (Lipinski definition) is 0. The summed E-state index contributed by atoms with van der Waals surface area (Å²) in [6.45, 7) is 4.84. The zero-order valence-electron chi connectivity index (χ0n) is 10.7. The van der Waals surface area contributed by atoms with Crippen LogP contribution in [0.1, 0.15) is 78.1 Å². The first kappa shape index (κ1) is 11.5. The van der Waals surface area contributed by atoms with Crippen LogP contribution in [0.4, 0.5) is 0 Å². The summed E-state index contributed by atoms with van der Waals surface area (Å²) in [5.41, 5.74) is 0.786. The summed E-state index contributed by atoms with van der Waals surface area (Å²) in [5.74, 6) is 2.00. The maximum atomic E-state index is 2.42. The van der Waals surface area contributed by atoms with Gasteiger partial charge >= 0.3 is 0 Å². The van der Waals surface area contributed by atoms with Crippen molar-refractivity contribution in [3.8, 4) is 0 Å². The molecule has 2 fully saturated rings. The van der Waals surface area contributed by atoms with E-state index in [1.807, 2.05) is 0 Å². The second kappa shape index (κ2) is 4.89. The smallest absolute Gasteiger partial charge is 0.0267 e. The topological polar surface area (TPSA) is 0 Å². The molecule has 0 aromatic heterocycles. The summed E-state index contributed by atoms with van der Waals surface area (Å²) in [6.07, 6.45) is 15.3. The van der Waals surface area contributed by atoms with Crippen molar-refractivity contribution < 1.29 is 0 Å². The molecule has 0 spiro atoms. The highest BCUT2D eigenvalue weighted by Crippen LogP contribution is 2.53. The molecule has 2 rings (SSSR count). The van der Waals surface area contributed by atoms with E-state index >= 15 is 0 Å². The van der Waals surface area contributed by atoms with Gasteiger partial charge in [0.15, 0.2) is 0 Å². The molecule has 0 bridgehead atoms. The van der Waals surface area contributed by atoms with E-state index in [0.717, 1.165) is 17.3 Å². The average Bonchev–Trinajstić information content (AvgIpc) is 2.68. The monoisotopic (exact) mass is 208 g/mol. The summed E-state index contributed by atoms with van der Waals surface area (Å²) >= 11 is 0. The molecule has 2 saturated carbocycles. The summed E-state index contributed by atoms with van der Waals surface area (Å²) in [7, 11) is 0. The molecule has 2 aliphatic rings. The van der Waals surface area contributed by atoms with Gasteiger partial charge in [-0.05, 0) is 49.4 Å². The van der Waals surface area contributed by atoms with Gasteiger partial charge in [-0.3, -0.25) is 0 Å². The van der Waals surface area contributed by atoms with E-state index in [1.54, 1.807) is 25.7 Å². The highest BCUT2D eigenvalue weighted by Gasteiger charge is 2.41. The minimum absolute atomic E-state index is 0.786. The van der Waals surface area contributed by atoms with Crippen molar-refractivity contribution in [2.24, 2.45) is 17.3 Å². The van der Waals surface area contributed by atoms with Gasteiger partial charge in [0.2, 0.25) is 0 Å². The molecular weight excluding hydrogens is 180 g/mol. The molecular formula is C15H28. The molecule has 0 atom stereocenters. The Hall–Kier alpha value is 0. The van der Waals surface area contributed by atoms with Gasteiger partial charge in [0.05, 0.1) is 0 Å². The van der Waals surface area contributed by atoms with Crippen molar-refractivity contribution in [3.05, 3.63) is 0 Å². The Morgan fingerprint density at radius 3 is 2.07 bits per heavy atom. The van der Waals surface area contributed by atoms with Crippen LogP contribution < -0.4 is 0 Å². The maximum Gasteiger partial charge on any atom is -0.0267 e. The van der Waals surface area contributed by atoms with E-state index in [9.17, 15) is 0 Å². The fourth-order valence-electron chi connectivity index (χ4n) is 4.39. The average molecular weight is 208 g/mol. The summed E-state index contributed by atoms with van der Waals surface area (Å²) in [6, 6.07) is 0. The second-order valence-electron chi connectivity index (χ2n) is 6.50. The van der Waals surface area contributed by atoms with Gasteiger partial charge in [-0.2, -0.15) is 0 Å². The van der Waals surface area contributed by atoms with E-state index in [4.69, 9.17) is 0 Å². The quantitative estimate of drug-likeness (QED) is 0.600. The third-order valence-corrected chi connectivity index (χ3v) is 4.89. The molecule has 0 nitrogen and oxygen atoms in total. The lowest BCUT2D eigenvalue weighted by atomic mass is 9.64. The van der Waals surface area contributed by atoms with Crippen LogP contribution in [0.2, 0.25) is 0 Å². The van der Waals surface area contributed by atoms with Crippen molar-refractivity contribution in [2.75, 3.05) is 0 Å². The van der Waals surface area contributed by atoms with Gasteiger partial charge in [0.1, 0.15) is 0 Å². The number of rotatable bonds is 3. The minimum Gasteiger partial charge on any atom is -0.0628 e. The Labute approximate surface area is 95.8 Å². The maximum absolute atomic E-state index is 2.42. The fourth-order valence-corrected chi connectivity index (χ4v) is 4.39. The van der Waals surface area contributed by atoms with Gasteiger partial charge < -0.3 is 0 Å². The molecule has 15 heavy (non-hydrogen) atoms. The molecule has 88 valence electrons. The second-order valence-corrected chi connectivity index (χ2v) is 6.50. The van der Waals surface area contributed by atoms with Crippen LogP contribution in [-0.2, 0) is 0 Å². The van der Waals surface area contributed by atoms with E-state index in [0.29, 0.717) is 0 Å². The van der Waals surface area contributed by atoms with Crippen molar-refractivity contribution in [1.82, 2.24) is 0 Å². The predicted molar refractivity (Wildman–Crippen MR) is 66.9 cm³/mol. The van der Waals surface area contributed by atoms with Crippen LogP contribution in [0.15, 0.2) is 0 Å². The van der Waals surface area contributed by atoms with Gasteiger partial charge in [-0.15, -0.1) is 0 Å². The predicted octanol–water partition coefficient (Wildman–Crippen LogP) is 5.17. The molecule has 0 N–H and O–H groups in total. The van der Waals surface area contributed by atoms with Gasteiger partial charge in [0.25, 0.3) is 0 Å². The Morgan fingerprint density at radius 2 is 1.53 bits per heavy atom. The van der Waals surface area contributed by atoms with Gasteiger partial charge in [-0.25, -0.2) is 0 Å². The van der Waals surface area contributed by atoms with Crippen LogP contribution in [0.3, 0.4) is 0 Å². The molecule has 0 aromatic rings. The molecule has 0 unspecified atom stereocenters. The van der Waals surface area contributed by atoms with Crippen LogP contribution >= 0.6 is 0 Å². The normalized spacial score (nSPS) is 27.4. The van der Waals surface area contributed by atoms with E-state index in [1.165, 1.54) is 38.5 Å². The van der Waals surface area contributed by atoms with Crippen LogP contribution in [0.5, 0.6) is 0 Å². The minimum atomic E-state index is 0.786.